The van der Waals surface area contributed by atoms with E-state index >= 15 is 4.39 Å². The van der Waals surface area contributed by atoms with Crippen molar-refractivity contribution in [1.29, 1.82) is 0 Å². The minimum absolute atomic E-state index is 0.0537. The molecule has 0 amide bonds. The topological polar surface area (TPSA) is 112 Å². The summed E-state index contributed by atoms with van der Waals surface area (Å²) < 4.78 is 64.4. The molecule has 36 heavy (non-hydrogen) atoms. The lowest BCUT2D eigenvalue weighted by atomic mass is 10.1. The standard InChI is InChI=1S/C23H19F3N6O2S2/c24-14-4-2-5-15(25)21(14)36(33)31-16-6-1-3-13(18(16)26)19-20(17-7-8-28-22(27)29-17)35-23(30-19)32-9-11-34-12-10-32/h1-8,31H,9-12H2,(H2,27,28,29). The smallest absolute Gasteiger partial charge is 0.250 e. The van der Waals surface area contributed by atoms with Gasteiger partial charge < -0.3 is 19.9 Å². The van der Waals surface area contributed by atoms with Crippen molar-refractivity contribution >= 4 is 39.5 Å². The molecule has 4 aromatic rings. The second kappa shape index (κ2) is 10.3. The Kier molecular flexibility index (Phi) is 6.96. The van der Waals surface area contributed by atoms with Gasteiger partial charge >= 0.3 is 0 Å². The number of benzene rings is 2. The molecule has 0 spiro atoms. The van der Waals surface area contributed by atoms with Gasteiger partial charge in [-0.25, -0.2) is 32.8 Å². The lowest BCUT2D eigenvalue weighted by molar-refractivity contribution is 0.122. The second-order valence-corrected chi connectivity index (χ2v) is 9.79. The lowest BCUT2D eigenvalue weighted by Crippen LogP contribution is -2.36. The molecular weight excluding hydrogens is 513 g/mol. The number of morpholine rings is 1. The Balaban J connectivity index is 1.56. The van der Waals surface area contributed by atoms with Crippen LogP contribution in [0.15, 0.2) is 53.6 Å². The molecule has 1 aliphatic rings. The van der Waals surface area contributed by atoms with Crippen molar-refractivity contribution in [3.8, 4) is 21.8 Å². The fourth-order valence-electron chi connectivity index (χ4n) is 3.66. The zero-order chi connectivity index (χ0) is 25.2. The van der Waals surface area contributed by atoms with Crippen LogP contribution in [0.3, 0.4) is 0 Å². The van der Waals surface area contributed by atoms with Crippen molar-refractivity contribution in [2.24, 2.45) is 0 Å². The fraction of sp³-hybridized carbons (Fsp3) is 0.174. The van der Waals surface area contributed by atoms with Crippen molar-refractivity contribution in [3.63, 3.8) is 0 Å². The quantitative estimate of drug-likeness (QED) is 0.355. The molecule has 1 unspecified atom stereocenters. The van der Waals surface area contributed by atoms with E-state index in [1.807, 2.05) is 4.90 Å². The Hall–Kier alpha value is -3.39. The number of anilines is 3. The van der Waals surface area contributed by atoms with Gasteiger partial charge in [-0.3, -0.25) is 0 Å². The van der Waals surface area contributed by atoms with E-state index in [2.05, 4.69) is 14.7 Å². The van der Waals surface area contributed by atoms with Gasteiger partial charge in [0.25, 0.3) is 4.90 Å². The van der Waals surface area contributed by atoms with E-state index in [9.17, 15) is 13.3 Å². The maximum atomic E-state index is 15.8. The number of ether oxygens (including phenoxy) is 1. The molecule has 1 fully saturated rings. The Bertz CT molecular complexity index is 1380. The first-order valence-corrected chi connectivity index (χ1v) is 12.7. The van der Waals surface area contributed by atoms with Crippen LogP contribution in [0.1, 0.15) is 0 Å². The van der Waals surface area contributed by atoms with Crippen molar-refractivity contribution < 1.29 is 22.5 Å². The van der Waals surface area contributed by atoms with Crippen LogP contribution in [-0.2, 0) is 16.1 Å². The number of nitrogens with zero attached hydrogens (tertiary/aromatic N) is 4. The van der Waals surface area contributed by atoms with Gasteiger partial charge in [-0.15, -0.1) is 0 Å². The molecule has 0 bridgehead atoms. The number of aromatic nitrogens is 3. The molecule has 1 aliphatic heterocycles. The minimum Gasteiger partial charge on any atom is -0.588 e. The predicted molar refractivity (Wildman–Crippen MR) is 132 cm³/mol. The van der Waals surface area contributed by atoms with Crippen molar-refractivity contribution in [2.45, 2.75) is 4.90 Å². The molecule has 0 saturated carbocycles. The van der Waals surface area contributed by atoms with Crippen LogP contribution in [-0.4, -0.2) is 45.8 Å². The summed E-state index contributed by atoms with van der Waals surface area (Å²) in [7, 11) is 0. The summed E-state index contributed by atoms with van der Waals surface area (Å²) >= 11 is -1.07. The number of rotatable bonds is 6. The number of hydrogen-bond donors (Lipinski definition) is 2. The molecule has 2 aromatic heterocycles. The van der Waals surface area contributed by atoms with Gasteiger partial charge in [-0.05, 0) is 30.3 Å². The SMILES string of the molecule is Nc1nccc(-c2sc(N3CCOCC3)nc2-c2cccc(N[S+]([O-])c3c(F)cccc3F)c2F)n1. The van der Waals surface area contributed by atoms with Crippen molar-refractivity contribution in [2.75, 3.05) is 41.7 Å². The number of nitrogens with two attached hydrogens (primary N) is 1. The Morgan fingerprint density at radius 1 is 1.03 bits per heavy atom. The highest BCUT2D eigenvalue weighted by atomic mass is 32.2. The van der Waals surface area contributed by atoms with E-state index in [-0.39, 0.29) is 17.2 Å². The Labute approximate surface area is 211 Å². The van der Waals surface area contributed by atoms with E-state index < -0.39 is 33.7 Å². The fourth-order valence-corrected chi connectivity index (χ4v) is 5.71. The molecule has 186 valence electrons. The third-order valence-corrected chi connectivity index (χ3v) is 7.67. The van der Waals surface area contributed by atoms with Crippen LogP contribution >= 0.6 is 11.3 Å². The van der Waals surface area contributed by atoms with E-state index in [1.54, 1.807) is 6.07 Å². The molecule has 1 atom stereocenters. The monoisotopic (exact) mass is 532 g/mol. The van der Waals surface area contributed by atoms with Gasteiger partial charge in [-0.1, -0.05) is 23.5 Å². The summed E-state index contributed by atoms with van der Waals surface area (Å²) in [5.41, 5.74) is 6.42. The summed E-state index contributed by atoms with van der Waals surface area (Å²) in [5, 5.41) is 0.648. The van der Waals surface area contributed by atoms with Crippen LogP contribution < -0.4 is 15.4 Å². The van der Waals surface area contributed by atoms with Gasteiger partial charge in [-0.2, -0.15) is 0 Å². The average molecular weight is 533 g/mol. The molecule has 0 aliphatic carbocycles. The molecule has 13 heteroatoms. The first-order chi connectivity index (χ1) is 17.4. The summed E-state index contributed by atoms with van der Waals surface area (Å²) in [6, 6.07) is 9.13. The largest absolute Gasteiger partial charge is 0.588 e. The number of nitrogens with one attached hydrogen (secondary N) is 1. The van der Waals surface area contributed by atoms with Crippen LogP contribution in [0, 0.1) is 17.5 Å². The summed E-state index contributed by atoms with van der Waals surface area (Å²) in [5.74, 6) is -2.74. The molecule has 3 N–H and O–H groups in total. The number of halogens is 3. The Morgan fingerprint density at radius 3 is 2.47 bits per heavy atom. The number of thiazole rings is 1. The van der Waals surface area contributed by atoms with Gasteiger partial charge in [0, 0.05) is 24.8 Å². The third kappa shape index (κ3) is 4.82. The number of hydrogen-bond acceptors (Lipinski definition) is 9. The third-order valence-electron chi connectivity index (χ3n) is 5.37. The lowest BCUT2D eigenvalue weighted by Gasteiger charge is -2.26. The molecule has 5 rings (SSSR count). The predicted octanol–water partition coefficient (Wildman–Crippen LogP) is 4.24. The zero-order valence-electron chi connectivity index (χ0n) is 18.6. The van der Waals surface area contributed by atoms with Gasteiger partial charge in [0.05, 0.1) is 29.5 Å². The van der Waals surface area contributed by atoms with Gasteiger partial charge in [0.1, 0.15) is 17.0 Å². The average Bonchev–Trinajstić information content (AvgIpc) is 3.31. The molecule has 1 saturated heterocycles. The second-order valence-electron chi connectivity index (χ2n) is 7.66. The highest BCUT2D eigenvalue weighted by Crippen LogP contribution is 2.42. The van der Waals surface area contributed by atoms with Crippen molar-refractivity contribution in [1.82, 2.24) is 15.0 Å². The summed E-state index contributed by atoms with van der Waals surface area (Å²) in [6.45, 7) is 2.32. The van der Waals surface area contributed by atoms with E-state index in [0.717, 1.165) is 18.2 Å². The maximum absolute atomic E-state index is 15.8. The summed E-state index contributed by atoms with van der Waals surface area (Å²) in [6.07, 6.45) is 1.50. The highest BCUT2D eigenvalue weighted by molar-refractivity contribution is 7.92. The minimum atomic E-state index is -2.39. The molecule has 3 heterocycles. The normalized spacial score (nSPS) is 14.6. The van der Waals surface area contributed by atoms with E-state index in [0.29, 0.717) is 47.7 Å². The molecular formula is C23H19F3N6O2S2. The van der Waals surface area contributed by atoms with Crippen LogP contribution in [0.4, 0.5) is 29.9 Å². The maximum Gasteiger partial charge on any atom is 0.250 e. The van der Waals surface area contributed by atoms with Crippen molar-refractivity contribution in [3.05, 3.63) is 66.1 Å². The van der Waals surface area contributed by atoms with Gasteiger partial charge in [0.15, 0.2) is 22.6 Å². The van der Waals surface area contributed by atoms with Crippen LogP contribution in [0.2, 0.25) is 0 Å². The molecule has 8 nitrogen and oxygen atoms in total. The first-order valence-electron chi connectivity index (χ1n) is 10.8. The first kappa shape index (κ1) is 24.3. The zero-order valence-corrected chi connectivity index (χ0v) is 20.2. The Morgan fingerprint density at radius 2 is 1.75 bits per heavy atom. The molecule has 0 radical (unpaired) electrons. The highest BCUT2D eigenvalue weighted by Gasteiger charge is 2.27. The summed E-state index contributed by atoms with van der Waals surface area (Å²) in [4.78, 5) is 14.8. The van der Waals surface area contributed by atoms with Crippen LogP contribution in [0.25, 0.3) is 21.8 Å². The van der Waals surface area contributed by atoms with E-state index in [1.165, 1.54) is 35.7 Å². The van der Waals surface area contributed by atoms with Crippen LogP contribution in [0.5, 0.6) is 0 Å². The van der Waals surface area contributed by atoms with E-state index in [4.69, 9.17) is 15.5 Å². The molecule has 2 aromatic carbocycles. The van der Waals surface area contributed by atoms with Gasteiger partial charge in [0.2, 0.25) is 5.95 Å². The number of nitrogen functional groups attached to an aromatic ring is 1.